The van der Waals surface area contributed by atoms with Crippen LogP contribution in [0.3, 0.4) is 0 Å². The molecule has 4 nitrogen and oxygen atoms in total. The quantitative estimate of drug-likeness (QED) is 0.829. The van der Waals surface area contributed by atoms with Gasteiger partial charge in [-0.1, -0.05) is 6.07 Å². The topological polar surface area (TPSA) is 43.4 Å². The highest BCUT2D eigenvalue weighted by atomic mass is 19.4. The Hall–Kier alpha value is -2.28. The first-order valence-electron chi connectivity index (χ1n) is 8.62. The summed E-state index contributed by atoms with van der Waals surface area (Å²) in [4.78, 5) is 4.26. The molecule has 1 atom stereocenters. The van der Waals surface area contributed by atoms with Crippen molar-refractivity contribution in [1.29, 1.82) is 0 Å². The van der Waals surface area contributed by atoms with Crippen LogP contribution in [0.25, 0.3) is 11.1 Å². The predicted octanol–water partition coefficient (Wildman–Crippen LogP) is 4.76. The van der Waals surface area contributed by atoms with Crippen LogP contribution in [0.1, 0.15) is 25.3 Å². The molecular formula is C19H21F3N2O2. The molecule has 1 aromatic carbocycles. The zero-order valence-corrected chi connectivity index (χ0v) is 14.5. The Bertz CT molecular complexity index is 744. The number of anilines is 1. The fourth-order valence-corrected chi connectivity index (χ4v) is 2.97. The Morgan fingerprint density at radius 2 is 2.04 bits per heavy atom. The predicted molar refractivity (Wildman–Crippen MR) is 93.3 cm³/mol. The molecule has 7 heteroatoms. The fourth-order valence-electron chi connectivity index (χ4n) is 2.97. The summed E-state index contributed by atoms with van der Waals surface area (Å²) in [5.41, 5.74) is 0.350. The van der Waals surface area contributed by atoms with Crippen LogP contribution >= 0.6 is 0 Å². The van der Waals surface area contributed by atoms with E-state index < -0.39 is 11.7 Å². The maximum atomic E-state index is 13.3. The molecule has 0 amide bonds. The molecule has 2 heterocycles. The lowest BCUT2D eigenvalue weighted by molar-refractivity contribution is -0.138. The summed E-state index contributed by atoms with van der Waals surface area (Å²) in [7, 11) is 0. The summed E-state index contributed by atoms with van der Waals surface area (Å²) >= 11 is 0. The number of hydrogen-bond donors (Lipinski definition) is 1. The molecule has 0 saturated carbocycles. The summed E-state index contributed by atoms with van der Waals surface area (Å²) in [6.07, 6.45) is -0.933. The van der Waals surface area contributed by atoms with Gasteiger partial charge in [0.2, 0.25) is 0 Å². The van der Waals surface area contributed by atoms with Crippen LogP contribution in [-0.4, -0.2) is 30.8 Å². The molecule has 1 aliphatic heterocycles. The number of pyridine rings is 1. The van der Waals surface area contributed by atoms with Gasteiger partial charge in [-0.25, -0.2) is 4.98 Å². The third-order valence-corrected chi connectivity index (χ3v) is 4.19. The lowest BCUT2D eigenvalue weighted by Crippen LogP contribution is -2.30. The van der Waals surface area contributed by atoms with Crippen LogP contribution in [0.4, 0.5) is 19.0 Å². The molecule has 0 bridgehead atoms. The van der Waals surface area contributed by atoms with E-state index >= 15 is 0 Å². The number of nitrogens with zero attached hydrogens (tertiary/aromatic N) is 1. The molecule has 26 heavy (non-hydrogen) atoms. The number of ether oxygens (including phenoxy) is 2. The van der Waals surface area contributed by atoms with E-state index in [1.54, 1.807) is 31.3 Å². The van der Waals surface area contributed by atoms with Gasteiger partial charge in [-0.2, -0.15) is 13.2 Å². The lowest BCUT2D eigenvalue weighted by atomic mass is 10.0. The molecule has 1 saturated heterocycles. The van der Waals surface area contributed by atoms with Crippen molar-refractivity contribution < 1.29 is 22.6 Å². The molecule has 1 unspecified atom stereocenters. The highest BCUT2D eigenvalue weighted by Crippen LogP contribution is 2.39. The Kier molecular flexibility index (Phi) is 5.66. The van der Waals surface area contributed by atoms with Gasteiger partial charge in [0.25, 0.3) is 0 Å². The number of halogens is 3. The van der Waals surface area contributed by atoms with E-state index in [1.165, 1.54) is 6.07 Å². The van der Waals surface area contributed by atoms with E-state index in [2.05, 4.69) is 10.3 Å². The molecule has 1 fully saturated rings. The third kappa shape index (κ3) is 4.46. The van der Waals surface area contributed by atoms with Crippen LogP contribution in [-0.2, 0) is 10.9 Å². The standard InChI is InChI=1S/C19H21F3N2O2/c1-2-26-17-6-5-13(10-16(17)19(20,21)22)14-7-8-23-18(11-14)24-15-4-3-9-25-12-15/h5-8,10-11,15H,2-4,9,12H2,1H3,(H,23,24). The molecule has 140 valence electrons. The maximum absolute atomic E-state index is 13.3. The van der Waals surface area contributed by atoms with Crippen molar-refractivity contribution >= 4 is 5.82 Å². The van der Waals surface area contributed by atoms with E-state index in [-0.39, 0.29) is 18.4 Å². The first-order valence-corrected chi connectivity index (χ1v) is 8.62. The van der Waals surface area contributed by atoms with Crippen molar-refractivity contribution in [3.8, 4) is 16.9 Å². The van der Waals surface area contributed by atoms with Crippen molar-refractivity contribution in [1.82, 2.24) is 4.98 Å². The second kappa shape index (κ2) is 7.95. The van der Waals surface area contributed by atoms with Gasteiger partial charge in [0.15, 0.2) is 0 Å². The van der Waals surface area contributed by atoms with Crippen molar-refractivity contribution in [2.75, 3.05) is 25.1 Å². The highest BCUT2D eigenvalue weighted by Gasteiger charge is 2.34. The summed E-state index contributed by atoms with van der Waals surface area (Å²) in [5, 5.41) is 3.28. The van der Waals surface area contributed by atoms with Gasteiger partial charge in [-0.05, 0) is 55.2 Å². The zero-order chi connectivity index (χ0) is 18.6. The average molecular weight is 366 g/mol. The molecule has 3 rings (SSSR count). The van der Waals surface area contributed by atoms with Crippen LogP contribution < -0.4 is 10.1 Å². The molecule has 0 spiro atoms. The van der Waals surface area contributed by atoms with Gasteiger partial charge in [-0.3, -0.25) is 0 Å². The number of nitrogens with one attached hydrogen (secondary N) is 1. The maximum Gasteiger partial charge on any atom is 0.419 e. The van der Waals surface area contributed by atoms with E-state index in [1.807, 2.05) is 0 Å². The second-order valence-electron chi connectivity index (χ2n) is 6.13. The van der Waals surface area contributed by atoms with Gasteiger partial charge < -0.3 is 14.8 Å². The Morgan fingerprint density at radius 1 is 1.23 bits per heavy atom. The van der Waals surface area contributed by atoms with Crippen molar-refractivity contribution in [2.45, 2.75) is 32.0 Å². The van der Waals surface area contributed by atoms with Crippen molar-refractivity contribution in [3.63, 3.8) is 0 Å². The smallest absolute Gasteiger partial charge is 0.419 e. The zero-order valence-electron chi connectivity index (χ0n) is 14.5. The highest BCUT2D eigenvalue weighted by molar-refractivity contribution is 5.68. The summed E-state index contributed by atoms with van der Waals surface area (Å²) in [6.45, 7) is 3.20. The molecule has 1 aromatic heterocycles. The number of rotatable bonds is 5. The van der Waals surface area contributed by atoms with E-state index in [0.29, 0.717) is 23.6 Å². The van der Waals surface area contributed by atoms with Gasteiger partial charge >= 0.3 is 6.18 Å². The summed E-state index contributed by atoms with van der Waals surface area (Å²) in [5.74, 6) is 0.468. The normalized spacial score (nSPS) is 17.8. The minimum absolute atomic E-state index is 0.157. The van der Waals surface area contributed by atoms with Gasteiger partial charge in [0, 0.05) is 12.8 Å². The molecule has 1 N–H and O–H groups in total. The van der Waals surface area contributed by atoms with Gasteiger partial charge in [-0.15, -0.1) is 0 Å². The number of alkyl halides is 3. The van der Waals surface area contributed by atoms with Crippen LogP contribution in [0.15, 0.2) is 36.5 Å². The molecule has 0 aliphatic carbocycles. The Morgan fingerprint density at radius 3 is 2.73 bits per heavy atom. The summed E-state index contributed by atoms with van der Waals surface area (Å²) in [6, 6.07) is 7.72. The average Bonchev–Trinajstić information content (AvgIpc) is 2.62. The van der Waals surface area contributed by atoms with Gasteiger partial charge in [0.05, 0.1) is 24.8 Å². The summed E-state index contributed by atoms with van der Waals surface area (Å²) < 4.78 is 50.6. The fraction of sp³-hybridized carbons (Fsp3) is 0.421. The van der Waals surface area contributed by atoms with Crippen molar-refractivity contribution in [3.05, 3.63) is 42.1 Å². The Balaban J connectivity index is 1.87. The first kappa shape index (κ1) is 18.5. The monoisotopic (exact) mass is 366 g/mol. The first-order chi connectivity index (χ1) is 12.5. The van der Waals surface area contributed by atoms with Gasteiger partial charge in [0.1, 0.15) is 11.6 Å². The molecule has 0 radical (unpaired) electrons. The minimum atomic E-state index is -4.48. The molecular weight excluding hydrogens is 345 g/mol. The lowest BCUT2D eigenvalue weighted by Gasteiger charge is -2.23. The number of hydrogen-bond acceptors (Lipinski definition) is 4. The van der Waals surface area contributed by atoms with E-state index in [9.17, 15) is 13.2 Å². The SMILES string of the molecule is CCOc1ccc(-c2ccnc(NC3CCCOC3)c2)cc1C(F)(F)F. The Labute approximate surface area is 150 Å². The van der Waals surface area contributed by atoms with Crippen LogP contribution in [0, 0.1) is 0 Å². The minimum Gasteiger partial charge on any atom is -0.493 e. The largest absolute Gasteiger partial charge is 0.493 e. The van der Waals surface area contributed by atoms with E-state index in [4.69, 9.17) is 9.47 Å². The van der Waals surface area contributed by atoms with Crippen LogP contribution in [0.2, 0.25) is 0 Å². The van der Waals surface area contributed by atoms with Crippen molar-refractivity contribution in [2.24, 2.45) is 0 Å². The second-order valence-corrected chi connectivity index (χ2v) is 6.13. The van der Waals surface area contributed by atoms with E-state index in [0.717, 1.165) is 25.5 Å². The molecule has 1 aliphatic rings. The number of benzene rings is 1. The van der Waals surface area contributed by atoms with Crippen LogP contribution in [0.5, 0.6) is 5.75 Å². The number of aromatic nitrogens is 1. The molecule has 2 aromatic rings. The third-order valence-electron chi connectivity index (χ3n) is 4.19.